The van der Waals surface area contributed by atoms with Gasteiger partial charge in [-0.2, -0.15) is 0 Å². The monoisotopic (exact) mass is 218 g/mol. The number of carbonyl (C=O) groups is 1. The highest BCUT2D eigenvalue weighted by atomic mass is 35.5. The van der Waals surface area contributed by atoms with Gasteiger partial charge in [-0.1, -0.05) is 5.16 Å². The van der Waals surface area contributed by atoms with Crippen molar-refractivity contribution < 1.29 is 9.63 Å². The van der Waals surface area contributed by atoms with Gasteiger partial charge in [0.15, 0.2) is 5.71 Å². The first-order chi connectivity index (χ1) is 6.15. The lowest BCUT2D eigenvalue weighted by molar-refractivity contribution is -0.106. The molecule has 0 amide bonds. The summed E-state index contributed by atoms with van der Waals surface area (Å²) in [6, 6.07) is 0. The van der Waals surface area contributed by atoms with Crippen LogP contribution in [0.25, 0.3) is 0 Å². The summed E-state index contributed by atoms with van der Waals surface area (Å²) < 4.78 is 0. The Bertz CT molecular complexity index is 348. The van der Waals surface area contributed by atoms with Gasteiger partial charge in [-0.05, 0) is 18.5 Å². The van der Waals surface area contributed by atoms with Crippen molar-refractivity contribution in [2.75, 3.05) is 7.11 Å². The number of aromatic nitrogens is 1. The first-order valence-electron chi connectivity index (χ1n) is 3.38. The molecule has 0 aliphatic carbocycles. The van der Waals surface area contributed by atoms with Crippen LogP contribution in [0.15, 0.2) is 10.5 Å². The van der Waals surface area contributed by atoms with Crippen LogP contribution >= 0.6 is 22.9 Å². The lowest BCUT2D eigenvalue weighted by Crippen LogP contribution is -2.10. The highest BCUT2D eigenvalue weighted by Crippen LogP contribution is 2.10. The number of rotatable bonds is 3. The van der Waals surface area contributed by atoms with Crippen molar-refractivity contribution in [1.82, 2.24) is 4.98 Å². The van der Waals surface area contributed by atoms with Crippen LogP contribution in [0.1, 0.15) is 10.7 Å². The van der Waals surface area contributed by atoms with Crippen molar-refractivity contribution in [1.29, 1.82) is 0 Å². The van der Waals surface area contributed by atoms with E-state index >= 15 is 0 Å². The quantitative estimate of drug-likeness (QED) is 0.440. The molecule has 0 aliphatic rings. The van der Waals surface area contributed by atoms with Crippen LogP contribution in [-0.4, -0.2) is 23.0 Å². The standard InChI is InChI=1S/C7H7ClN2O2S/c1-4-9-5(3-13-4)6(7(8)11)10-12-2/h3H,1-2H3. The van der Waals surface area contributed by atoms with Crippen LogP contribution < -0.4 is 0 Å². The summed E-state index contributed by atoms with van der Waals surface area (Å²) in [5, 5.41) is 5.36. The molecule has 70 valence electrons. The molecule has 0 fully saturated rings. The van der Waals surface area contributed by atoms with Crippen molar-refractivity contribution in [2.45, 2.75) is 6.92 Å². The molecule has 1 rings (SSSR count). The van der Waals surface area contributed by atoms with E-state index in [1.165, 1.54) is 18.4 Å². The second-order valence-corrected chi connectivity index (χ2v) is 3.55. The van der Waals surface area contributed by atoms with Crippen molar-refractivity contribution in [3.05, 3.63) is 16.1 Å². The van der Waals surface area contributed by atoms with E-state index in [-0.39, 0.29) is 5.71 Å². The second kappa shape index (κ2) is 4.34. The average Bonchev–Trinajstić information content (AvgIpc) is 2.46. The van der Waals surface area contributed by atoms with Gasteiger partial charge in [0.25, 0.3) is 5.24 Å². The number of halogens is 1. The number of hydrogen-bond donors (Lipinski definition) is 0. The third kappa shape index (κ3) is 2.50. The zero-order valence-electron chi connectivity index (χ0n) is 7.07. The molecule has 0 bridgehead atoms. The molecule has 1 aromatic heterocycles. The molecular formula is C7H7ClN2O2S. The van der Waals surface area contributed by atoms with Gasteiger partial charge >= 0.3 is 0 Å². The molecule has 0 N–H and O–H groups in total. The molecule has 6 heteroatoms. The van der Waals surface area contributed by atoms with Crippen molar-refractivity contribution in [2.24, 2.45) is 5.16 Å². The second-order valence-electron chi connectivity index (χ2n) is 2.15. The van der Waals surface area contributed by atoms with Crippen molar-refractivity contribution >= 4 is 33.9 Å². The van der Waals surface area contributed by atoms with Gasteiger partial charge in [-0.25, -0.2) is 4.98 Å². The van der Waals surface area contributed by atoms with Crippen LogP contribution in [0.3, 0.4) is 0 Å². The Hall–Kier alpha value is -0.940. The van der Waals surface area contributed by atoms with Gasteiger partial charge in [0.05, 0.1) is 5.01 Å². The van der Waals surface area contributed by atoms with E-state index in [4.69, 9.17) is 11.6 Å². The highest BCUT2D eigenvalue weighted by Gasteiger charge is 2.15. The van der Waals surface area contributed by atoms with E-state index in [0.29, 0.717) is 5.69 Å². The molecule has 1 heterocycles. The van der Waals surface area contributed by atoms with E-state index in [9.17, 15) is 4.79 Å². The maximum Gasteiger partial charge on any atom is 0.276 e. The Labute approximate surface area is 84.2 Å². The van der Waals surface area contributed by atoms with Gasteiger partial charge in [-0.3, -0.25) is 4.79 Å². The molecule has 4 nitrogen and oxygen atoms in total. The van der Waals surface area contributed by atoms with Crippen molar-refractivity contribution in [3.63, 3.8) is 0 Å². The lowest BCUT2D eigenvalue weighted by atomic mass is 10.3. The number of carbonyl (C=O) groups excluding carboxylic acids is 1. The number of aryl methyl sites for hydroxylation is 1. The fourth-order valence-electron chi connectivity index (χ4n) is 0.747. The molecule has 0 radical (unpaired) electrons. The van der Waals surface area contributed by atoms with Gasteiger partial charge in [0, 0.05) is 5.38 Å². The fourth-order valence-corrected chi connectivity index (χ4v) is 1.48. The fraction of sp³-hybridized carbons (Fsp3) is 0.286. The molecular weight excluding hydrogens is 212 g/mol. The number of nitrogens with zero attached hydrogens (tertiary/aromatic N) is 2. The molecule has 0 atom stereocenters. The Morgan fingerprint density at radius 1 is 1.77 bits per heavy atom. The van der Waals surface area contributed by atoms with Crippen LogP contribution in [0.5, 0.6) is 0 Å². The largest absolute Gasteiger partial charge is 0.398 e. The Morgan fingerprint density at radius 3 is 2.85 bits per heavy atom. The predicted octanol–water partition coefficient (Wildman–Crippen LogP) is 1.57. The summed E-state index contributed by atoms with van der Waals surface area (Å²) in [4.78, 5) is 19.4. The molecule has 13 heavy (non-hydrogen) atoms. The van der Waals surface area contributed by atoms with E-state index in [1.807, 2.05) is 6.92 Å². The summed E-state index contributed by atoms with van der Waals surface area (Å²) >= 11 is 6.70. The number of hydrogen-bond acceptors (Lipinski definition) is 5. The molecule has 0 aromatic carbocycles. The third-order valence-corrected chi connectivity index (χ3v) is 2.18. The van der Waals surface area contributed by atoms with Crippen LogP contribution in [0.4, 0.5) is 0 Å². The first kappa shape index (κ1) is 10.1. The smallest absolute Gasteiger partial charge is 0.276 e. The zero-order valence-corrected chi connectivity index (χ0v) is 8.65. The molecule has 0 spiro atoms. The molecule has 1 aromatic rings. The van der Waals surface area contributed by atoms with Gasteiger partial charge in [0.2, 0.25) is 0 Å². The Kier molecular flexibility index (Phi) is 3.39. The molecule has 0 aliphatic heterocycles. The van der Waals surface area contributed by atoms with E-state index in [2.05, 4.69) is 15.0 Å². The Balaban J connectivity index is 3.02. The van der Waals surface area contributed by atoms with Crippen LogP contribution in [0, 0.1) is 6.92 Å². The topological polar surface area (TPSA) is 51.5 Å². The molecule has 0 unspecified atom stereocenters. The minimum absolute atomic E-state index is 0.0357. The number of thiazole rings is 1. The maximum atomic E-state index is 10.9. The number of oxime groups is 1. The lowest BCUT2D eigenvalue weighted by Gasteiger charge is -1.94. The SMILES string of the molecule is CON=C(C(=O)Cl)c1csc(C)n1. The summed E-state index contributed by atoms with van der Waals surface area (Å²) in [5.41, 5.74) is 0.484. The van der Waals surface area contributed by atoms with E-state index in [1.54, 1.807) is 5.38 Å². The average molecular weight is 219 g/mol. The van der Waals surface area contributed by atoms with Crippen molar-refractivity contribution in [3.8, 4) is 0 Å². The predicted molar refractivity (Wildman–Crippen MR) is 51.3 cm³/mol. The van der Waals surface area contributed by atoms with E-state index < -0.39 is 5.24 Å². The highest BCUT2D eigenvalue weighted by molar-refractivity contribution is 7.10. The molecule has 0 saturated carbocycles. The maximum absolute atomic E-state index is 10.9. The van der Waals surface area contributed by atoms with E-state index in [0.717, 1.165) is 5.01 Å². The Morgan fingerprint density at radius 2 is 2.46 bits per heavy atom. The van der Waals surface area contributed by atoms with Gasteiger partial charge < -0.3 is 4.84 Å². The van der Waals surface area contributed by atoms with Gasteiger partial charge in [-0.15, -0.1) is 11.3 Å². The van der Waals surface area contributed by atoms with Crippen LogP contribution in [-0.2, 0) is 9.63 Å². The first-order valence-corrected chi connectivity index (χ1v) is 4.64. The minimum Gasteiger partial charge on any atom is -0.398 e. The zero-order chi connectivity index (χ0) is 9.84. The minimum atomic E-state index is -0.674. The summed E-state index contributed by atoms with van der Waals surface area (Å²) in [6.45, 7) is 1.83. The third-order valence-electron chi connectivity index (χ3n) is 1.23. The normalized spacial score (nSPS) is 11.5. The summed E-state index contributed by atoms with van der Waals surface area (Å²) in [5.74, 6) is 0. The summed E-state index contributed by atoms with van der Waals surface area (Å²) in [6.07, 6.45) is 0. The van der Waals surface area contributed by atoms with Crippen LogP contribution in [0.2, 0.25) is 0 Å². The van der Waals surface area contributed by atoms with Gasteiger partial charge in [0.1, 0.15) is 12.8 Å². The summed E-state index contributed by atoms with van der Waals surface area (Å²) in [7, 11) is 1.35. The molecule has 0 saturated heterocycles.